The van der Waals surface area contributed by atoms with Crippen molar-refractivity contribution in [1.82, 2.24) is 15.3 Å². The van der Waals surface area contributed by atoms with Crippen molar-refractivity contribution in [3.05, 3.63) is 60.3 Å². The van der Waals surface area contributed by atoms with E-state index in [1.54, 1.807) is 25.7 Å². The van der Waals surface area contributed by atoms with E-state index < -0.39 is 5.66 Å². The third-order valence-corrected chi connectivity index (χ3v) is 3.46. The van der Waals surface area contributed by atoms with Crippen LogP contribution in [0.5, 0.6) is 5.75 Å². The molecule has 112 valence electrons. The Morgan fingerprint density at radius 2 is 1.91 bits per heavy atom. The van der Waals surface area contributed by atoms with Crippen LogP contribution >= 0.6 is 0 Å². The number of hydrogen-bond acceptors (Lipinski definition) is 7. The first kappa shape index (κ1) is 14.0. The number of rotatable bonds is 3. The molecule has 1 atom stereocenters. The van der Waals surface area contributed by atoms with Gasteiger partial charge in [-0.15, -0.1) is 0 Å². The standard InChI is InChI=1S/C15H16N6O/c1-22-13-5-3-2-4-11(13)15(17)12(8-20-14(16)21-15)10-6-18-9-19-7-10/h2-9H,17H2,1H3,(H3,16,20,21). The molecule has 0 aliphatic carbocycles. The van der Waals surface area contributed by atoms with Crippen molar-refractivity contribution in [2.75, 3.05) is 7.11 Å². The van der Waals surface area contributed by atoms with Crippen LogP contribution in [0, 0.1) is 0 Å². The Labute approximate surface area is 127 Å². The minimum absolute atomic E-state index is 0.231. The van der Waals surface area contributed by atoms with E-state index in [-0.39, 0.29) is 5.96 Å². The van der Waals surface area contributed by atoms with Crippen LogP contribution < -0.4 is 21.5 Å². The van der Waals surface area contributed by atoms with Gasteiger partial charge in [0.1, 0.15) is 12.1 Å². The maximum atomic E-state index is 6.61. The summed E-state index contributed by atoms with van der Waals surface area (Å²) in [4.78, 5) is 12.5. The van der Waals surface area contributed by atoms with Gasteiger partial charge in [-0.1, -0.05) is 18.2 Å². The van der Waals surface area contributed by atoms with Gasteiger partial charge >= 0.3 is 0 Å². The first-order valence-electron chi connectivity index (χ1n) is 6.65. The summed E-state index contributed by atoms with van der Waals surface area (Å²) in [5.74, 6) is 0.861. The van der Waals surface area contributed by atoms with Crippen molar-refractivity contribution in [3.8, 4) is 5.75 Å². The van der Waals surface area contributed by atoms with E-state index in [0.717, 1.165) is 5.56 Å². The first-order valence-corrected chi connectivity index (χ1v) is 6.65. The maximum Gasteiger partial charge on any atom is 0.195 e. The topological polar surface area (TPSA) is 111 Å². The first-order chi connectivity index (χ1) is 10.6. The zero-order valence-electron chi connectivity index (χ0n) is 12.0. The molecule has 1 aliphatic rings. The number of ether oxygens (including phenoxy) is 1. The van der Waals surface area contributed by atoms with Crippen molar-refractivity contribution >= 4 is 11.5 Å². The SMILES string of the molecule is COc1ccccc1C1(N)N=C(N)NC=C1c1cncnc1. The van der Waals surface area contributed by atoms with Gasteiger partial charge in [-0.25, -0.2) is 15.0 Å². The van der Waals surface area contributed by atoms with Gasteiger partial charge in [-0.3, -0.25) is 5.73 Å². The number of aromatic nitrogens is 2. The zero-order chi connectivity index (χ0) is 15.6. The lowest BCUT2D eigenvalue weighted by molar-refractivity contribution is 0.399. The molecular formula is C15H16N6O. The molecule has 3 rings (SSSR count). The molecule has 0 spiro atoms. The molecule has 5 N–H and O–H groups in total. The second-order valence-corrected chi connectivity index (χ2v) is 4.79. The van der Waals surface area contributed by atoms with E-state index in [2.05, 4.69) is 20.3 Å². The lowest BCUT2D eigenvalue weighted by Crippen LogP contribution is -2.45. The molecule has 7 heteroatoms. The van der Waals surface area contributed by atoms with E-state index in [4.69, 9.17) is 16.2 Å². The average Bonchev–Trinajstić information content (AvgIpc) is 2.55. The van der Waals surface area contributed by atoms with Gasteiger partial charge in [0, 0.05) is 35.3 Å². The largest absolute Gasteiger partial charge is 0.496 e. The Morgan fingerprint density at radius 1 is 1.18 bits per heavy atom. The van der Waals surface area contributed by atoms with Crippen LogP contribution in [0.2, 0.25) is 0 Å². The summed E-state index contributed by atoms with van der Waals surface area (Å²) < 4.78 is 5.41. The summed E-state index contributed by atoms with van der Waals surface area (Å²) in [5, 5.41) is 2.88. The molecule has 0 saturated heterocycles. The fourth-order valence-electron chi connectivity index (χ4n) is 2.45. The van der Waals surface area contributed by atoms with Crippen LogP contribution in [0.3, 0.4) is 0 Å². The third kappa shape index (κ3) is 2.27. The summed E-state index contributed by atoms with van der Waals surface area (Å²) in [6.07, 6.45) is 6.52. The maximum absolute atomic E-state index is 6.61. The zero-order valence-corrected chi connectivity index (χ0v) is 12.0. The van der Waals surface area contributed by atoms with Crippen molar-refractivity contribution in [2.24, 2.45) is 16.5 Å². The van der Waals surface area contributed by atoms with E-state index in [0.29, 0.717) is 16.9 Å². The summed E-state index contributed by atoms with van der Waals surface area (Å²) in [6.45, 7) is 0. The number of para-hydroxylation sites is 1. The lowest BCUT2D eigenvalue weighted by Gasteiger charge is -2.33. The molecule has 22 heavy (non-hydrogen) atoms. The van der Waals surface area contributed by atoms with Gasteiger partial charge in [0.2, 0.25) is 0 Å². The Hall–Kier alpha value is -2.93. The van der Waals surface area contributed by atoms with E-state index in [1.165, 1.54) is 6.33 Å². The number of hydrogen-bond donors (Lipinski definition) is 3. The van der Waals surface area contributed by atoms with Crippen LogP contribution in [0.1, 0.15) is 11.1 Å². The van der Waals surface area contributed by atoms with Gasteiger partial charge in [-0.2, -0.15) is 0 Å². The van der Waals surface area contributed by atoms with Crippen LogP contribution in [0.4, 0.5) is 0 Å². The second kappa shape index (κ2) is 5.45. The van der Waals surface area contributed by atoms with Crippen LogP contribution in [-0.4, -0.2) is 23.0 Å². The minimum atomic E-state index is -1.19. The molecule has 0 bridgehead atoms. The Bertz CT molecular complexity index is 743. The van der Waals surface area contributed by atoms with Crippen LogP contribution in [-0.2, 0) is 5.66 Å². The Balaban J connectivity index is 2.19. The fourth-order valence-corrected chi connectivity index (χ4v) is 2.45. The predicted octanol–water partition coefficient (Wildman–Crippen LogP) is 0.556. The minimum Gasteiger partial charge on any atom is -0.496 e. The average molecular weight is 296 g/mol. The van der Waals surface area contributed by atoms with E-state index in [1.807, 2.05) is 24.3 Å². The van der Waals surface area contributed by atoms with E-state index in [9.17, 15) is 0 Å². The quantitative estimate of drug-likeness (QED) is 0.763. The molecular weight excluding hydrogens is 280 g/mol. The highest BCUT2D eigenvalue weighted by atomic mass is 16.5. The summed E-state index contributed by atoms with van der Waals surface area (Å²) in [5.41, 5.74) is 13.4. The Kier molecular flexibility index (Phi) is 3.48. The molecule has 1 unspecified atom stereocenters. The smallest absolute Gasteiger partial charge is 0.195 e. The highest BCUT2D eigenvalue weighted by Gasteiger charge is 2.37. The molecule has 7 nitrogen and oxygen atoms in total. The number of aliphatic imine (C=N–C) groups is 1. The monoisotopic (exact) mass is 296 g/mol. The summed E-state index contributed by atoms with van der Waals surface area (Å²) in [7, 11) is 1.59. The third-order valence-electron chi connectivity index (χ3n) is 3.46. The molecule has 0 fully saturated rings. The highest BCUT2D eigenvalue weighted by Crippen LogP contribution is 2.40. The number of methoxy groups -OCH3 is 1. The van der Waals surface area contributed by atoms with Crippen molar-refractivity contribution in [1.29, 1.82) is 0 Å². The number of nitrogens with zero attached hydrogens (tertiary/aromatic N) is 3. The summed E-state index contributed by atoms with van der Waals surface area (Å²) >= 11 is 0. The molecule has 2 heterocycles. The molecule has 0 saturated carbocycles. The van der Waals surface area contributed by atoms with Gasteiger partial charge in [0.15, 0.2) is 11.6 Å². The van der Waals surface area contributed by atoms with Crippen molar-refractivity contribution < 1.29 is 4.74 Å². The van der Waals surface area contributed by atoms with Crippen molar-refractivity contribution in [3.63, 3.8) is 0 Å². The van der Waals surface area contributed by atoms with Crippen LogP contribution in [0.15, 0.2) is 54.2 Å². The molecule has 0 amide bonds. The van der Waals surface area contributed by atoms with Gasteiger partial charge in [0.05, 0.1) is 7.11 Å². The lowest BCUT2D eigenvalue weighted by atomic mass is 9.88. The van der Waals surface area contributed by atoms with Crippen LogP contribution in [0.25, 0.3) is 5.57 Å². The molecule has 1 aromatic heterocycles. The number of nitrogens with two attached hydrogens (primary N) is 2. The molecule has 1 aliphatic heterocycles. The fraction of sp³-hybridized carbons (Fsp3) is 0.133. The second-order valence-electron chi connectivity index (χ2n) is 4.79. The Morgan fingerprint density at radius 3 is 2.64 bits per heavy atom. The van der Waals surface area contributed by atoms with Crippen molar-refractivity contribution in [2.45, 2.75) is 5.66 Å². The summed E-state index contributed by atoms with van der Waals surface area (Å²) in [6, 6.07) is 7.43. The van der Waals surface area contributed by atoms with Gasteiger partial charge < -0.3 is 15.8 Å². The molecule has 0 radical (unpaired) electrons. The molecule has 2 aromatic rings. The highest BCUT2D eigenvalue weighted by molar-refractivity contribution is 5.88. The van der Waals surface area contributed by atoms with Gasteiger partial charge in [-0.05, 0) is 6.07 Å². The van der Waals surface area contributed by atoms with E-state index >= 15 is 0 Å². The molecule has 1 aromatic carbocycles. The van der Waals surface area contributed by atoms with Gasteiger partial charge in [0.25, 0.3) is 0 Å². The number of benzene rings is 1. The predicted molar refractivity (Wildman–Crippen MR) is 83.6 cm³/mol. The normalized spacial score (nSPS) is 20.6. The number of nitrogens with one attached hydrogen (secondary N) is 1. The number of guanidine groups is 1.